The smallest absolute Gasteiger partial charge is 0.0994 e. The minimum Gasteiger partial charge on any atom is -0.385 e. The predicted molar refractivity (Wildman–Crippen MR) is 70.6 cm³/mol. The first-order valence-electron chi connectivity index (χ1n) is 6.68. The van der Waals surface area contributed by atoms with Gasteiger partial charge in [-0.25, -0.2) is 0 Å². The Morgan fingerprint density at radius 3 is 2.68 bits per heavy atom. The number of hydrogen-bond acceptors (Lipinski definition) is 4. The van der Waals surface area contributed by atoms with Gasteiger partial charge in [-0.05, 0) is 37.0 Å². The summed E-state index contributed by atoms with van der Waals surface area (Å²) in [4.78, 5) is 0. The average molecular weight is 258 g/mol. The number of benzene rings is 1. The molecule has 1 aromatic carbocycles. The third-order valence-corrected chi connectivity index (χ3v) is 4.17. The average Bonchev–Trinajstić information content (AvgIpc) is 2.38. The minimum atomic E-state index is -0.844. The number of aryl methyl sites for hydroxylation is 1. The molecule has 2 bridgehead atoms. The molecule has 2 saturated heterocycles. The summed E-state index contributed by atoms with van der Waals surface area (Å²) >= 11 is 0. The lowest BCUT2D eigenvalue weighted by Gasteiger charge is -2.45. The van der Waals surface area contributed by atoms with Crippen LogP contribution in [0.5, 0.6) is 0 Å². The van der Waals surface area contributed by atoms with Crippen LogP contribution in [0.25, 0.3) is 0 Å². The number of piperidine rings is 1. The van der Waals surface area contributed by atoms with E-state index < -0.39 is 5.60 Å². The lowest BCUT2D eigenvalue weighted by Crippen LogP contribution is -2.58. The largest absolute Gasteiger partial charge is 0.385 e. The molecule has 0 radical (unpaired) electrons. The molecule has 4 heteroatoms. The SMILES string of the molecule is Cc1ccc(C2(O)CC3COCC(C2)N3)cc1C#N. The molecule has 0 saturated carbocycles. The summed E-state index contributed by atoms with van der Waals surface area (Å²) < 4.78 is 5.50. The van der Waals surface area contributed by atoms with Gasteiger partial charge < -0.3 is 15.2 Å². The Balaban J connectivity index is 1.94. The molecule has 4 nitrogen and oxygen atoms in total. The Labute approximate surface area is 113 Å². The number of fused-ring (bicyclic) bond motifs is 2. The minimum absolute atomic E-state index is 0.198. The molecule has 1 aromatic rings. The van der Waals surface area contributed by atoms with Crippen LogP contribution >= 0.6 is 0 Å². The monoisotopic (exact) mass is 258 g/mol. The van der Waals surface area contributed by atoms with Crippen LogP contribution in [0.15, 0.2) is 18.2 Å². The van der Waals surface area contributed by atoms with Gasteiger partial charge in [0.15, 0.2) is 0 Å². The fraction of sp³-hybridized carbons (Fsp3) is 0.533. The van der Waals surface area contributed by atoms with Gasteiger partial charge in [-0.1, -0.05) is 12.1 Å². The highest BCUT2D eigenvalue weighted by molar-refractivity contribution is 5.42. The first-order chi connectivity index (χ1) is 9.10. The van der Waals surface area contributed by atoms with E-state index in [4.69, 9.17) is 10.00 Å². The van der Waals surface area contributed by atoms with Crippen molar-refractivity contribution in [3.63, 3.8) is 0 Å². The van der Waals surface area contributed by atoms with E-state index >= 15 is 0 Å². The number of hydrogen-bond donors (Lipinski definition) is 2. The highest BCUT2D eigenvalue weighted by Gasteiger charge is 2.42. The Bertz CT molecular complexity index is 523. The van der Waals surface area contributed by atoms with E-state index in [1.54, 1.807) is 0 Å². The van der Waals surface area contributed by atoms with Gasteiger partial charge in [-0.2, -0.15) is 5.26 Å². The quantitative estimate of drug-likeness (QED) is 0.794. The van der Waals surface area contributed by atoms with E-state index in [0.29, 0.717) is 31.6 Å². The Morgan fingerprint density at radius 2 is 2.05 bits per heavy atom. The van der Waals surface area contributed by atoms with Gasteiger partial charge >= 0.3 is 0 Å². The third-order valence-electron chi connectivity index (χ3n) is 4.17. The van der Waals surface area contributed by atoms with Gasteiger partial charge in [0.25, 0.3) is 0 Å². The van der Waals surface area contributed by atoms with Crippen LogP contribution in [0, 0.1) is 18.3 Å². The van der Waals surface area contributed by atoms with Crippen molar-refractivity contribution in [3.05, 3.63) is 34.9 Å². The Hall–Kier alpha value is -1.41. The maximum Gasteiger partial charge on any atom is 0.0994 e. The van der Waals surface area contributed by atoms with E-state index in [1.165, 1.54) is 0 Å². The van der Waals surface area contributed by atoms with Crippen LogP contribution < -0.4 is 5.32 Å². The number of nitrogens with one attached hydrogen (secondary N) is 1. The molecular formula is C15H18N2O2. The highest BCUT2D eigenvalue weighted by atomic mass is 16.5. The van der Waals surface area contributed by atoms with Gasteiger partial charge in [0.1, 0.15) is 0 Å². The molecule has 0 spiro atoms. The molecule has 2 aliphatic heterocycles. The van der Waals surface area contributed by atoms with Crippen molar-refractivity contribution in [3.8, 4) is 6.07 Å². The molecule has 100 valence electrons. The summed E-state index contributed by atoms with van der Waals surface area (Å²) in [5.74, 6) is 0. The lowest BCUT2D eigenvalue weighted by atomic mass is 9.77. The van der Waals surface area contributed by atoms with Gasteiger partial charge in [-0.3, -0.25) is 0 Å². The zero-order valence-electron chi connectivity index (χ0n) is 11.0. The first kappa shape index (κ1) is 12.6. The molecule has 2 unspecified atom stereocenters. The zero-order chi connectivity index (χ0) is 13.5. The topological polar surface area (TPSA) is 65.3 Å². The standard InChI is InChI=1S/C15H18N2O2/c1-10-2-3-12(4-11(10)7-16)15(18)5-13-8-19-9-14(6-15)17-13/h2-4,13-14,17-18H,5-6,8-9H2,1H3. The van der Waals surface area contributed by atoms with E-state index in [9.17, 15) is 5.11 Å². The number of aliphatic hydroxyl groups is 1. The molecule has 2 N–H and O–H groups in total. The van der Waals surface area contributed by atoms with E-state index in [0.717, 1.165) is 11.1 Å². The fourth-order valence-corrected chi connectivity index (χ4v) is 3.18. The summed E-state index contributed by atoms with van der Waals surface area (Å²) in [5, 5.41) is 23.5. The van der Waals surface area contributed by atoms with Crippen molar-refractivity contribution in [1.82, 2.24) is 5.32 Å². The number of ether oxygens (including phenoxy) is 1. The zero-order valence-corrected chi connectivity index (χ0v) is 11.0. The molecule has 0 aromatic heterocycles. The maximum atomic E-state index is 11.0. The Kier molecular flexibility index (Phi) is 3.06. The molecule has 2 atom stereocenters. The van der Waals surface area contributed by atoms with Gasteiger partial charge in [0, 0.05) is 12.1 Å². The summed E-state index contributed by atoms with van der Waals surface area (Å²) in [6, 6.07) is 8.28. The van der Waals surface area contributed by atoms with Crippen molar-refractivity contribution >= 4 is 0 Å². The van der Waals surface area contributed by atoms with Crippen LogP contribution in [0.2, 0.25) is 0 Å². The normalized spacial score (nSPS) is 33.7. The van der Waals surface area contributed by atoms with E-state index in [-0.39, 0.29) is 12.1 Å². The second-order valence-electron chi connectivity index (χ2n) is 5.68. The van der Waals surface area contributed by atoms with Crippen LogP contribution in [-0.4, -0.2) is 30.4 Å². The molecule has 0 amide bonds. The summed E-state index contributed by atoms with van der Waals surface area (Å²) in [5.41, 5.74) is 1.61. The molecule has 3 rings (SSSR count). The van der Waals surface area contributed by atoms with Gasteiger partial charge in [-0.15, -0.1) is 0 Å². The van der Waals surface area contributed by atoms with Crippen LogP contribution in [0.1, 0.15) is 29.5 Å². The molecule has 19 heavy (non-hydrogen) atoms. The summed E-state index contributed by atoms with van der Waals surface area (Å²) in [6.45, 7) is 3.21. The number of nitrogens with zero attached hydrogens (tertiary/aromatic N) is 1. The van der Waals surface area contributed by atoms with Crippen molar-refractivity contribution < 1.29 is 9.84 Å². The summed E-state index contributed by atoms with van der Waals surface area (Å²) in [6.07, 6.45) is 1.27. The maximum absolute atomic E-state index is 11.0. The highest BCUT2D eigenvalue weighted by Crippen LogP contribution is 2.37. The molecule has 2 aliphatic rings. The molecule has 2 heterocycles. The second kappa shape index (κ2) is 4.61. The van der Waals surface area contributed by atoms with Gasteiger partial charge in [0.2, 0.25) is 0 Å². The van der Waals surface area contributed by atoms with Crippen molar-refractivity contribution in [2.45, 2.75) is 37.5 Å². The van der Waals surface area contributed by atoms with Crippen molar-refractivity contribution in [1.29, 1.82) is 5.26 Å². The van der Waals surface area contributed by atoms with E-state index in [2.05, 4.69) is 11.4 Å². The van der Waals surface area contributed by atoms with Crippen LogP contribution in [-0.2, 0) is 10.3 Å². The number of rotatable bonds is 1. The first-order valence-corrected chi connectivity index (χ1v) is 6.68. The number of morpholine rings is 1. The Morgan fingerprint density at radius 1 is 1.37 bits per heavy atom. The van der Waals surface area contributed by atoms with Crippen LogP contribution in [0.3, 0.4) is 0 Å². The molecule has 2 fully saturated rings. The third kappa shape index (κ3) is 2.25. The van der Waals surface area contributed by atoms with E-state index in [1.807, 2.05) is 25.1 Å². The molecular weight excluding hydrogens is 240 g/mol. The van der Waals surface area contributed by atoms with Crippen molar-refractivity contribution in [2.24, 2.45) is 0 Å². The fourth-order valence-electron chi connectivity index (χ4n) is 3.18. The lowest BCUT2D eigenvalue weighted by molar-refractivity contribution is -0.0802. The predicted octanol–water partition coefficient (Wildman–Crippen LogP) is 1.21. The van der Waals surface area contributed by atoms with Crippen LogP contribution in [0.4, 0.5) is 0 Å². The summed E-state index contributed by atoms with van der Waals surface area (Å²) in [7, 11) is 0. The second-order valence-corrected chi connectivity index (χ2v) is 5.68. The van der Waals surface area contributed by atoms with Gasteiger partial charge in [0.05, 0.1) is 30.4 Å². The number of nitriles is 1. The molecule has 0 aliphatic carbocycles. The van der Waals surface area contributed by atoms with Crippen molar-refractivity contribution in [2.75, 3.05) is 13.2 Å².